The van der Waals surface area contributed by atoms with Gasteiger partial charge in [-0.2, -0.15) is 5.26 Å². The van der Waals surface area contributed by atoms with E-state index >= 15 is 0 Å². The zero-order valence-corrected chi connectivity index (χ0v) is 8.52. The summed E-state index contributed by atoms with van der Waals surface area (Å²) in [6.07, 6.45) is 4.49. The van der Waals surface area contributed by atoms with Crippen LogP contribution in [0, 0.1) is 11.3 Å². The summed E-state index contributed by atoms with van der Waals surface area (Å²) in [5.74, 6) is 0. The molecule has 0 atom stereocenters. The molecule has 0 saturated heterocycles. The summed E-state index contributed by atoms with van der Waals surface area (Å²) in [6.45, 7) is 0. The molecule has 2 heterocycles. The maximum Gasteiger partial charge on any atom is 0.208 e. The van der Waals surface area contributed by atoms with Crippen molar-refractivity contribution in [3.05, 3.63) is 40.4 Å². The van der Waals surface area contributed by atoms with Crippen LogP contribution in [0.15, 0.2) is 29.5 Å². The van der Waals surface area contributed by atoms with Crippen LogP contribution in [-0.2, 0) is 0 Å². The monoisotopic (exact) mass is 249 g/mol. The number of aromatic nitrogens is 2. The van der Waals surface area contributed by atoms with Crippen LogP contribution < -0.4 is 5.43 Å². The van der Waals surface area contributed by atoms with Crippen molar-refractivity contribution in [2.24, 2.45) is 0 Å². The van der Waals surface area contributed by atoms with Crippen molar-refractivity contribution in [3.63, 3.8) is 0 Å². The summed E-state index contributed by atoms with van der Waals surface area (Å²) in [5, 5.41) is 9.13. The highest BCUT2D eigenvalue weighted by Crippen LogP contribution is 2.11. The molecule has 0 fully saturated rings. The Bertz CT molecular complexity index is 597. The Labute approximate surface area is 87.8 Å². The van der Waals surface area contributed by atoms with Crippen molar-refractivity contribution in [1.29, 1.82) is 5.26 Å². The molecule has 14 heavy (non-hydrogen) atoms. The van der Waals surface area contributed by atoms with Crippen LogP contribution in [0.2, 0.25) is 0 Å². The van der Waals surface area contributed by atoms with Crippen molar-refractivity contribution in [2.45, 2.75) is 0 Å². The smallest absolute Gasteiger partial charge is 0.208 e. The lowest BCUT2D eigenvalue weighted by Crippen LogP contribution is -2.09. The molecule has 0 aliphatic heterocycles. The van der Waals surface area contributed by atoms with Crippen molar-refractivity contribution in [3.8, 4) is 6.07 Å². The van der Waals surface area contributed by atoms with Gasteiger partial charge in [0.2, 0.25) is 5.43 Å². The average molecular weight is 250 g/mol. The highest BCUT2D eigenvalue weighted by molar-refractivity contribution is 9.08. The maximum absolute atomic E-state index is 11.6. The predicted octanol–water partition coefficient (Wildman–Crippen LogP) is 1.43. The largest absolute Gasteiger partial charge is 0.288 e. The van der Waals surface area contributed by atoms with E-state index in [4.69, 9.17) is 5.26 Å². The normalized spacial score (nSPS) is 10.0. The molecular weight excluding hydrogens is 246 g/mol. The first-order valence-corrected chi connectivity index (χ1v) is 4.50. The first-order valence-electron chi connectivity index (χ1n) is 3.79. The Kier molecular flexibility index (Phi) is 2.06. The van der Waals surface area contributed by atoms with Crippen molar-refractivity contribution in [1.82, 2.24) is 8.58 Å². The lowest BCUT2D eigenvalue weighted by molar-refractivity contribution is 1.26. The molecule has 0 unspecified atom stereocenters. The summed E-state index contributed by atoms with van der Waals surface area (Å²) in [5.41, 5.74) is 0.512. The third-order valence-corrected chi connectivity index (χ3v) is 2.47. The molecule has 2 aromatic heterocycles. The van der Waals surface area contributed by atoms with Crippen molar-refractivity contribution < 1.29 is 0 Å². The van der Waals surface area contributed by atoms with Crippen LogP contribution >= 0.6 is 16.1 Å². The third-order valence-electron chi connectivity index (χ3n) is 1.88. The first kappa shape index (κ1) is 8.91. The topological polar surface area (TPSA) is 58.7 Å². The van der Waals surface area contributed by atoms with Crippen molar-refractivity contribution >= 4 is 27.1 Å². The molecule has 2 rings (SSSR count). The van der Waals surface area contributed by atoms with E-state index in [0.717, 1.165) is 0 Å². The molecule has 0 amide bonds. The van der Waals surface area contributed by atoms with E-state index < -0.39 is 0 Å². The SMILES string of the molecule is N#Cc1cn(Br)c2ccncc2c1=O. The number of nitrogens with zero attached hydrogens (tertiary/aromatic N) is 3. The van der Waals surface area contributed by atoms with Gasteiger partial charge in [0.1, 0.15) is 11.6 Å². The van der Waals surface area contributed by atoms with Crippen LogP contribution in [0.5, 0.6) is 0 Å². The average Bonchev–Trinajstić information content (AvgIpc) is 2.23. The minimum Gasteiger partial charge on any atom is -0.288 e. The minimum atomic E-state index is -0.286. The van der Waals surface area contributed by atoms with E-state index in [9.17, 15) is 4.79 Å². The van der Waals surface area contributed by atoms with E-state index in [1.54, 1.807) is 15.9 Å². The summed E-state index contributed by atoms with van der Waals surface area (Å²) < 4.78 is 1.56. The quantitative estimate of drug-likeness (QED) is 0.710. The zero-order valence-electron chi connectivity index (χ0n) is 6.94. The lowest BCUT2D eigenvalue weighted by atomic mass is 10.2. The molecule has 68 valence electrons. The van der Waals surface area contributed by atoms with Crippen LogP contribution in [-0.4, -0.2) is 8.58 Å². The Hall–Kier alpha value is -1.67. The van der Waals surface area contributed by atoms with E-state index in [0.29, 0.717) is 10.9 Å². The molecule has 4 nitrogen and oxygen atoms in total. The second-order valence-electron chi connectivity index (χ2n) is 2.69. The summed E-state index contributed by atoms with van der Waals surface area (Å²) in [6, 6.07) is 3.54. The third kappa shape index (κ3) is 1.20. The number of fused-ring (bicyclic) bond motifs is 1. The number of rotatable bonds is 0. The number of nitriles is 1. The van der Waals surface area contributed by atoms with Crippen LogP contribution in [0.25, 0.3) is 10.9 Å². The van der Waals surface area contributed by atoms with Gasteiger partial charge in [0.15, 0.2) is 0 Å². The fourth-order valence-corrected chi connectivity index (χ4v) is 1.73. The fourth-order valence-electron chi connectivity index (χ4n) is 1.21. The van der Waals surface area contributed by atoms with E-state index in [1.807, 2.05) is 6.07 Å². The van der Waals surface area contributed by atoms with Gasteiger partial charge in [0.05, 0.1) is 27.1 Å². The standard InChI is InChI=1S/C9H4BrN3O/c10-13-5-6(3-11)9(14)7-4-12-2-1-8(7)13/h1-2,4-5H. The summed E-state index contributed by atoms with van der Waals surface area (Å²) in [7, 11) is 0. The molecular formula is C9H4BrN3O. The van der Waals surface area contributed by atoms with Gasteiger partial charge >= 0.3 is 0 Å². The Morgan fingerprint density at radius 3 is 3.07 bits per heavy atom. The van der Waals surface area contributed by atoms with Crippen LogP contribution in [0.3, 0.4) is 0 Å². The number of halogens is 1. The second-order valence-corrected chi connectivity index (χ2v) is 3.45. The van der Waals surface area contributed by atoms with Gasteiger partial charge < -0.3 is 0 Å². The molecule has 0 aliphatic rings. The minimum absolute atomic E-state index is 0.0994. The second kappa shape index (κ2) is 3.24. The highest BCUT2D eigenvalue weighted by Gasteiger charge is 2.06. The molecule has 0 saturated carbocycles. The number of hydrogen-bond acceptors (Lipinski definition) is 3. The Morgan fingerprint density at radius 2 is 2.36 bits per heavy atom. The summed E-state index contributed by atoms with van der Waals surface area (Å²) in [4.78, 5) is 15.5. The van der Waals surface area contributed by atoms with Gasteiger partial charge in [-0.3, -0.25) is 13.4 Å². The van der Waals surface area contributed by atoms with Gasteiger partial charge in [-0.05, 0) is 6.07 Å². The van der Waals surface area contributed by atoms with Crippen LogP contribution in [0.1, 0.15) is 5.56 Å². The first-order chi connectivity index (χ1) is 6.74. The molecule has 2 aromatic rings. The molecule has 0 N–H and O–H groups in total. The van der Waals surface area contributed by atoms with Gasteiger partial charge in [-0.1, -0.05) is 0 Å². The van der Waals surface area contributed by atoms with Gasteiger partial charge in [-0.25, -0.2) is 0 Å². The van der Waals surface area contributed by atoms with Gasteiger partial charge in [0.25, 0.3) is 0 Å². The van der Waals surface area contributed by atoms with E-state index in [1.165, 1.54) is 12.4 Å². The van der Waals surface area contributed by atoms with E-state index in [2.05, 4.69) is 21.1 Å². The molecule has 0 spiro atoms. The van der Waals surface area contributed by atoms with Gasteiger partial charge in [0, 0.05) is 18.6 Å². The highest BCUT2D eigenvalue weighted by atomic mass is 79.9. The van der Waals surface area contributed by atoms with E-state index in [-0.39, 0.29) is 11.0 Å². The lowest BCUT2D eigenvalue weighted by Gasteiger charge is -2.01. The van der Waals surface area contributed by atoms with Crippen LogP contribution in [0.4, 0.5) is 0 Å². The Balaban J connectivity index is 3.04. The predicted molar refractivity (Wildman–Crippen MR) is 55.0 cm³/mol. The van der Waals surface area contributed by atoms with Gasteiger partial charge in [-0.15, -0.1) is 0 Å². The molecule has 0 radical (unpaired) electrons. The summed E-state index contributed by atoms with van der Waals surface area (Å²) >= 11 is 3.22. The fraction of sp³-hybridized carbons (Fsp3) is 0. The zero-order chi connectivity index (χ0) is 10.1. The molecule has 0 aliphatic carbocycles. The number of hydrogen-bond donors (Lipinski definition) is 0. The molecule has 0 bridgehead atoms. The number of pyridine rings is 2. The Morgan fingerprint density at radius 1 is 1.57 bits per heavy atom. The molecule has 5 heteroatoms. The molecule has 0 aromatic carbocycles. The van der Waals surface area contributed by atoms with Crippen molar-refractivity contribution in [2.75, 3.05) is 0 Å². The maximum atomic E-state index is 11.6.